The predicted molar refractivity (Wildman–Crippen MR) is 166 cm³/mol. The summed E-state index contributed by atoms with van der Waals surface area (Å²) in [6.45, 7) is 4.38. The molecule has 4 aromatic rings. The highest BCUT2D eigenvalue weighted by Gasteiger charge is 2.38. The van der Waals surface area contributed by atoms with Crippen molar-refractivity contribution in [2.75, 3.05) is 0 Å². The number of esters is 1. The lowest BCUT2D eigenvalue weighted by Gasteiger charge is -2.29. The summed E-state index contributed by atoms with van der Waals surface area (Å²) in [5.74, 6) is -2.62. The first-order valence-electron chi connectivity index (χ1n) is 12.8. The molecule has 3 aromatic carbocycles. The van der Waals surface area contributed by atoms with Gasteiger partial charge in [-0.05, 0) is 68.8 Å². The van der Waals surface area contributed by atoms with E-state index in [-0.39, 0.29) is 22.0 Å². The number of carboxylic acids is 1. The molecule has 0 bridgehead atoms. The smallest absolute Gasteiger partial charge is 0.329 e. The normalized spacial score (nSPS) is 12.9. The lowest BCUT2D eigenvalue weighted by Crippen LogP contribution is -2.47. The summed E-state index contributed by atoms with van der Waals surface area (Å²) in [6, 6.07) is 17.7. The number of ether oxygens (including phenoxy) is 1. The van der Waals surface area contributed by atoms with E-state index in [1.807, 2.05) is 12.1 Å². The van der Waals surface area contributed by atoms with Gasteiger partial charge in [-0.2, -0.15) is 0 Å². The summed E-state index contributed by atoms with van der Waals surface area (Å²) in [4.78, 5) is 43.0. The van der Waals surface area contributed by atoms with Crippen molar-refractivity contribution in [3.63, 3.8) is 0 Å². The second-order valence-corrected chi connectivity index (χ2v) is 11.9. The number of nitrogens with zero attached hydrogens (tertiary/aromatic N) is 1. The maximum atomic E-state index is 13.4. The van der Waals surface area contributed by atoms with E-state index in [9.17, 15) is 19.5 Å². The molecule has 0 aliphatic rings. The number of fused-ring (bicyclic) bond motifs is 1. The van der Waals surface area contributed by atoms with Crippen LogP contribution in [-0.4, -0.2) is 40.1 Å². The summed E-state index contributed by atoms with van der Waals surface area (Å²) in [5.41, 5.74) is 1.21. The molecule has 0 spiro atoms. The van der Waals surface area contributed by atoms with E-state index in [1.165, 1.54) is 32.9 Å². The van der Waals surface area contributed by atoms with Crippen molar-refractivity contribution in [1.82, 2.24) is 10.3 Å². The topological polar surface area (TPSA) is 106 Å². The highest BCUT2D eigenvalue weighted by Crippen LogP contribution is 2.34. The van der Waals surface area contributed by atoms with Crippen LogP contribution >= 0.6 is 46.4 Å². The van der Waals surface area contributed by atoms with E-state index in [0.29, 0.717) is 32.4 Å². The number of aromatic nitrogens is 1. The van der Waals surface area contributed by atoms with E-state index in [0.717, 1.165) is 5.39 Å². The lowest BCUT2D eigenvalue weighted by atomic mass is 9.87. The highest BCUT2D eigenvalue weighted by molar-refractivity contribution is 6.40. The number of halogens is 4. The second-order valence-electron chi connectivity index (χ2n) is 10.3. The minimum Gasteiger partial charge on any atom is -0.481 e. The molecule has 7 nitrogen and oxygen atoms in total. The number of carboxylic acid groups (broad SMARTS) is 1. The molecular formula is C31H26Cl4N2O5. The summed E-state index contributed by atoms with van der Waals surface area (Å²) in [5, 5.41) is 14.2. The Kier molecular flexibility index (Phi) is 9.68. The fraction of sp³-hybridized carbons (Fsp3) is 0.226. The van der Waals surface area contributed by atoms with Crippen molar-refractivity contribution in [2.45, 2.75) is 39.3 Å². The Balaban J connectivity index is 1.65. The number of pyridine rings is 1. The molecule has 4 rings (SSSR count). The van der Waals surface area contributed by atoms with Gasteiger partial charge in [0.25, 0.3) is 5.91 Å². The first-order chi connectivity index (χ1) is 19.8. The molecule has 0 saturated heterocycles. The molecular weight excluding hydrogens is 622 g/mol. The zero-order valence-corrected chi connectivity index (χ0v) is 25.8. The van der Waals surface area contributed by atoms with Crippen LogP contribution in [0, 0.1) is 5.41 Å². The Hall–Kier alpha value is -3.36. The van der Waals surface area contributed by atoms with Gasteiger partial charge in [-0.1, -0.05) is 70.7 Å². The van der Waals surface area contributed by atoms with Crippen LogP contribution in [0.4, 0.5) is 0 Å². The third-order valence-electron chi connectivity index (χ3n) is 7.05. The van der Waals surface area contributed by atoms with Crippen molar-refractivity contribution in [3.05, 3.63) is 97.9 Å². The molecule has 1 heterocycles. The second kappa shape index (κ2) is 12.9. The monoisotopic (exact) mass is 646 g/mol. The zero-order chi connectivity index (χ0) is 30.8. The van der Waals surface area contributed by atoms with Gasteiger partial charge in [-0.15, -0.1) is 0 Å². The molecule has 42 heavy (non-hydrogen) atoms. The van der Waals surface area contributed by atoms with Gasteiger partial charge >= 0.3 is 11.9 Å². The summed E-state index contributed by atoms with van der Waals surface area (Å²) in [7, 11) is 0. The molecule has 0 radical (unpaired) electrons. The molecule has 0 fully saturated rings. The number of aliphatic carboxylic acids is 1. The third-order valence-corrected chi connectivity index (χ3v) is 8.31. The summed E-state index contributed by atoms with van der Waals surface area (Å²) in [6.07, 6.45) is -0.970. The molecule has 0 aliphatic heterocycles. The standard InChI is InChI=1S/C31H26Cl4N2O5/c1-16(31(2,3)30(40)41)42-29(39)25(37-28(38)27-21(34)8-5-9-22(27)35)15-17-10-12-23-18(14-17)11-13-24(36-23)26-19(32)6-4-7-20(26)33/h4-14,16,25H,15H2,1-3H3,(H,37,38)(H,40,41). The molecule has 0 aliphatic carbocycles. The third kappa shape index (κ3) is 6.81. The van der Waals surface area contributed by atoms with Gasteiger partial charge in [0.05, 0.1) is 42.3 Å². The molecule has 1 aromatic heterocycles. The van der Waals surface area contributed by atoms with Gasteiger partial charge in [0, 0.05) is 17.4 Å². The molecule has 11 heteroatoms. The van der Waals surface area contributed by atoms with E-state index >= 15 is 0 Å². The van der Waals surface area contributed by atoms with E-state index in [1.54, 1.807) is 42.5 Å². The van der Waals surface area contributed by atoms with Crippen molar-refractivity contribution in [1.29, 1.82) is 0 Å². The first-order valence-corrected chi connectivity index (χ1v) is 14.3. The van der Waals surface area contributed by atoms with Gasteiger partial charge in [0.1, 0.15) is 12.1 Å². The SMILES string of the molecule is CC(OC(=O)C(Cc1ccc2nc(-c3c(Cl)cccc3Cl)ccc2c1)NC(=O)c1c(Cl)cccc1Cl)C(C)(C)C(=O)O. The van der Waals surface area contributed by atoms with E-state index in [4.69, 9.17) is 56.1 Å². The predicted octanol–water partition coefficient (Wildman–Crippen LogP) is 7.90. The Morgan fingerprint density at radius 1 is 0.905 bits per heavy atom. The van der Waals surface area contributed by atoms with Crippen molar-refractivity contribution in [2.24, 2.45) is 5.41 Å². The van der Waals surface area contributed by atoms with Crippen LogP contribution in [0.2, 0.25) is 20.1 Å². The van der Waals surface area contributed by atoms with Crippen LogP contribution in [0.1, 0.15) is 36.7 Å². The van der Waals surface area contributed by atoms with Crippen molar-refractivity contribution < 1.29 is 24.2 Å². The maximum Gasteiger partial charge on any atom is 0.329 e. The quantitative estimate of drug-likeness (QED) is 0.179. The molecule has 218 valence electrons. The Labute approximate surface area is 262 Å². The molecule has 2 atom stereocenters. The number of hydrogen-bond donors (Lipinski definition) is 2. The number of carbonyl (C=O) groups excluding carboxylic acids is 2. The average molecular weight is 648 g/mol. The number of carbonyl (C=O) groups is 3. The van der Waals surface area contributed by atoms with Gasteiger partial charge in [-0.3, -0.25) is 9.59 Å². The fourth-order valence-corrected chi connectivity index (χ4v) is 5.30. The number of rotatable bonds is 9. The van der Waals surface area contributed by atoms with Gasteiger partial charge in [0.15, 0.2) is 0 Å². The van der Waals surface area contributed by atoms with Crippen LogP contribution < -0.4 is 5.32 Å². The Morgan fingerprint density at radius 2 is 1.50 bits per heavy atom. The minimum absolute atomic E-state index is 0.00558. The number of hydrogen-bond acceptors (Lipinski definition) is 5. The largest absolute Gasteiger partial charge is 0.481 e. The Morgan fingerprint density at radius 3 is 2.10 bits per heavy atom. The van der Waals surface area contributed by atoms with Crippen LogP contribution in [0.25, 0.3) is 22.2 Å². The van der Waals surface area contributed by atoms with Crippen molar-refractivity contribution >= 4 is 75.2 Å². The molecule has 0 saturated carbocycles. The Bertz CT molecular complexity index is 1650. The van der Waals surface area contributed by atoms with Crippen LogP contribution in [0.5, 0.6) is 0 Å². The number of nitrogens with one attached hydrogen (secondary N) is 1. The van der Waals surface area contributed by atoms with Crippen LogP contribution in [-0.2, 0) is 20.7 Å². The number of benzene rings is 3. The van der Waals surface area contributed by atoms with Gasteiger partial charge in [0.2, 0.25) is 0 Å². The highest BCUT2D eigenvalue weighted by atomic mass is 35.5. The summed E-state index contributed by atoms with van der Waals surface area (Å²) >= 11 is 25.2. The van der Waals surface area contributed by atoms with E-state index < -0.39 is 35.4 Å². The maximum absolute atomic E-state index is 13.4. The molecule has 2 unspecified atom stereocenters. The average Bonchev–Trinajstić information content (AvgIpc) is 2.92. The summed E-state index contributed by atoms with van der Waals surface area (Å²) < 4.78 is 5.54. The first kappa shape index (κ1) is 31.6. The number of amides is 1. The van der Waals surface area contributed by atoms with Crippen molar-refractivity contribution in [3.8, 4) is 11.3 Å². The zero-order valence-electron chi connectivity index (χ0n) is 22.8. The van der Waals surface area contributed by atoms with Gasteiger partial charge < -0.3 is 15.2 Å². The van der Waals surface area contributed by atoms with Gasteiger partial charge in [-0.25, -0.2) is 9.78 Å². The van der Waals surface area contributed by atoms with E-state index in [2.05, 4.69) is 5.32 Å². The van der Waals surface area contributed by atoms with Crippen LogP contribution in [0.15, 0.2) is 66.7 Å². The lowest BCUT2D eigenvalue weighted by molar-refractivity contribution is -0.166. The fourth-order valence-electron chi connectivity index (χ4n) is 4.14. The molecule has 2 N–H and O–H groups in total. The van der Waals surface area contributed by atoms with Crippen LogP contribution in [0.3, 0.4) is 0 Å². The molecule has 1 amide bonds. The minimum atomic E-state index is -1.37.